The van der Waals surface area contributed by atoms with Crippen LogP contribution in [0.3, 0.4) is 0 Å². The maximum absolute atomic E-state index is 12.7. The first-order valence-electron chi connectivity index (χ1n) is 9.99. The number of fused-ring (bicyclic) bond motifs is 1. The van der Waals surface area contributed by atoms with Crippen molar-refractivity contribution in [2.24, 2.45) is 0 Å². The van der Waals surface area contributed by atoms with Crippen molar-refractivity contribution in [1.82, 2.24) is 20.3 Å². The lowest BCUT2D eigenvalue weighted by atomic mass is 9.95. The van der Waals surface area contributed by atoms with E-state index in [0.29, 0.717) is 28.2 Å². The highest BCUT2D eigenvalue weighted by atomic mass is 16.5. The predicted octanol–water partition coefficient (Wildman–Crippen LogP) is 3.94. The Balaban J connectivity index is 1.52. The summed E-state index contributed by atoms with van der Waals surface area (Å²) in [6, 6.07) is 7.10. The number of anilines is 1. The number of amides is 2. The van der Waals surface area contributed by atoms with E-state index in [1.807, 2.05) is 0 Å². The van der Waals surface area contributed by atoms with Gasteiger partial charge in [0, 0.05) is 24.0 Å². The molecule has 0 saturated heterocycles. The molecule has 0 unspecified atom stereocenters. The molecule has 154 valence electrons. The molecular weight excluding hydrogens is 382 g/mol. The third-order valence-electron chi connectivity index (χ3n) is 5.05. The van der Waals surface area contributed by atoms with E-state index in [-0.39, 0.29) is 23.7 Å². The summed E-state index contributed by atoms with van der Waals surface area (Å²) in [5.74, 6) is 0.262. The highest BCUT2D eigenvalue weighted by Crippen LogP contribution is 2.25. The Morgan fingerprint density at radius 1 is 1.23 bits per heavy atom. The Kier molecular flexibility index (Phi) is 5.74. The summed E-state index contributed by atoms with van der Waals surface area (Å²) in [5.41, 5.74) is 1.99. The van der Waals surface area contributed by atoms with Gasteiger partial charge in [-0.1, -0.05) is 31.9 Å². The Morgan fingerprint density at radius 2 is 2.07 bits per heavy atom. The number of carbonyl (C=O) groups excluding carboxylic acids is 2. The molecule has 3 N–H and O–H groups in total. The Morgan fingerprint density at radius 3 is 2.87 bits per heavy atom. The second kappa shape index (κ2) is 8.77. The lowest BCUT2D eigenvalue weighted by Crippen LogP contribution is -2.36. The summed E-state index contributed by atoms with van der Waals surface area (Å²) >= 11 is 0. The number of H-pyrrole nitrogens is 1. The van der Waals surface area contributed by atoms with Gasteiger partial charge < -0.3 is 20.4 Å². The fraction of sp³-hybridized carbons (Fsp3) is 0.273. The van der Waals surface area contributed by atoms with Crippen molar-refractivity contribution in [2.75, 3.05) is 5.32 Å². The topological polar surface area (TPSA) is 109 Å². The van der Waals surface area contributed by atoms with Gasteiger partial charge in [0.1, 0.15) is 11.3 Å². The molecule has 0 atom stereocenters. The molecule has 1 aromatic carbocycles. The van der Waals surface area contributed by atoms with Crippen LogP contribution in [0.5, 0.6) is 11.6 Å². The standard InChI is InChI=1S/C22H23N5O3/c1-2-18(28)25-15-9-6-10-16(11-15)30-19-13-24-21-20(27-19)17(12-23-21)22(29)26-14-7-4-3-5-8-14/h2,6,9-14H,1,3-5,7-8H2,(H,23,24)(H,25,28)(H,26,29). The van der Waals surface area contributed by atoms with E-state index in [2.05, 4.69) is 32.2 Å². The monoisotopic (exact) mass is 405 g/mol. The van der Waals surface area contributed by atoms with E-state index in [0.717, 1.165) is 25.7 Å². The summed E-state index contributed by atoms with van der Waals surface area (Å²) in [4.78, 5) is 36.0. The van der Waals surface area contributed by atoms with Crippen LogP contribution in [0, 0.1) is 0 Å². The van der Waals surface area contributed by atoms with Crippen LogP contribution in [-0.2, 0) is 4.79 Å². The fourth-order valence-electron chi connectivity index (χ4n) is 3.56. The summed E-state index contributed by atoms with van der Waals surface area (Å²) < 4.78 is 5.80. The maximum Gasteiger partial charge on any atom is 0.255 e. The second-order valence-corrected chi connectivity index (χ2v) is 7.24. The van der Waals surface area contributed by atoms with Crippen LogP contribution in [-0.4, -0.2) is 32.8 Å². The normalized spacial score (nSPS) is 14.3. The first-order chi connectivity index (χ1) is 14.6. The van der Waals surface area contributed by atoms with Gasteiger partial charge in [-0.2, -0.15) is 0 Å². The molecule has 1 aliphatic rings. The SMILES string of the molecule is C=CC(=O)Nc1cccc(Oc2cnc3[nH]cc(C(=O)NC4CCCCC4)c3n2)c1. The number of carbonyl (C=O) groups is 2. The molecule has 2 heterocycles. The molecule has 8 nitrogen and oxygen atoms in total. The quantitative estimate of drug-likeness (QED) is 0.538. The number of aromatic amines is 1. The molecule has 1 aliphatic carbocycles. The van der Waals surface area contributed by atoms with Crippen molar-refractivity contribution in [3.63, 3.8) is 0 Å². The fourth-order valence-corrected chi connectivity index (χ4v) is 3.56. The molecule has 3 aromatic rings. The summed E-state index contributed by atoms with van der Waals surface area (Å²) in [5, 5.41) is 5.77. The minimum atomic E-state index is -0.311. The second-order valence-electron chi connectivity index (χ2n) is 7.24. The van der Waals surface area contributed by atoms with E-state index in [4.69, 9.17) is 4.74 Å². The van der Waals surface area contributed by atoms with Crippen LogP contribution in [0.1, 0.15) is 42.5 Å². The number of nitrogens with one attached hydrogen (secondary N) is 3. The molecule has 0 aliphatic heterocycles. The lowest BCUT2D eigenvalue weighted by Gasteiger charge is -2.22. The number of hydrogen-bond donors (Lipinski definition) is 3. The molecule has 1 fully saturated rings. The Labute approximate surface area is 173 Å². The van der Waals surface area contributed by atoms with E-state index in [9.17, 15) is 9.59 Å². The summed E-state index contributed by atoms with van der Waals surface area (Å²) in [6.45, 7) is 3.43. The first-order valence-corrected chi connectivity index (χ1v) is 9.99. The Bertz CT molecular complexity index is 1090. The molecule has 4 rings (SSSR count). The average Bonchev–Trinajstić information content (AvgIpc) is 3.18. The smallest absolute Gasteiger partial charge is 0.255 e. The van der Waals surface area contributed by atoms with Gasteiger partial charge in [0.05, 0.1) is 11.8 Å². The molecule has 2 amide bonds. The van der Waals surface area contributed by atoms with Gasteiger partial charge >= 0.3 is 0 Å². The first kappa shape index (κ1) is 19.6. The van der Waals surface area contributed by atoms with E-state index in [1.165, 1.54) is 18.7 Å². The predicted molar refractivity (Wildman–Crippen MR) is 114 cm³/mol. The zero-order valence-corrected chi connectivity index (χ0v) is 16.5. The third-order valence-corrected chi connectivity index (χ3v) is 5.05. The summed E-state index contributed by atoms with van der Waals surface area (Å²) in [7, 11) is 0. The van der Waals surface area contributed by atoms with Crippen LogP contribution in [0.15, 0.2) is 49.3 Å². The number of benzene rings is 1. The van der Waals surface area contributed by atoms with Crippen LogP contribution in [0.2, 0.25) is 0 Å². The number of nitrogens with zero attached hydrogens (tertiary/aromatic N) is 2. The molecular formula is C22H23N5O3. The zero-order chi connectivity index (χ0) is 20.9. The van der Waals surface area contributed by atoms with Gasteiger partial charge in [-0.05, 0) is 31.1 Å². The molecule has 8 heteroatoms. The molecule has 1 saturated carbocycles. The van der Waals surface area contributed by atoms with Gasteiger partial charge in [0.2, 0.25) is 11.8 Å². The van der Waals surface area contributed by atoms with Crippen LogP contribution in [0.4, 0.5) is 5.69 Å². The molecule has 0 spiro atoms. The molecule has 30 heavy (non-hydrogen) atoms. The van der Waals surface area contributed by atoms with Gasteiger partial charge in [-0.15, -0.1) is 0 Å². The zero-order valence-electron chi connectivity index (χ0n) is 16.5. The van der Waals surface area contributed by atoms with Crippen LogP contribution < -0.4 is 15.4 Å². The van der Waals surface area contributed by atoms with Crippen molar-refractivity contribution < 1.29 is 14.3 Å². The third kappa shape index (κ3) is 4.48. The lowest BCUT2D eigenvalue weighted by molar-refractivity contribution is -0.111. The highest BCUT2D eigenvalue weighted by Gasteiger charge is 2.20. The minimum Gasteiger partial charge on any atom is -0.437 e. The number of rotatable bonds is 6. The van der Waals surface area contributed by atoms with Gasteiger partial charge in [0.15, 0.2) is 5.65 Å². The molecule has 0 radical (unpaired) electrons. The van der Waals surface area contributed by atoms with E-state index >= 15 is 0 Å². The number of ether oxygens (including phenoxy) is 1. The largest absolute Gasteiger partial charge is 0.437 e. The van der Waals surface area contributed by atoms with Crippen molar-refractivity contribution >= 4 is 28.7 Å². The van der Waals surface area contributed by atoms with Crippen molar-refractivity contribution in [3.8, 4) is 11.6 Å². The summed E-state index contributed by atoms with van der Waals surface area (Å²) in [6.07, 6.45) is 9.82. The molecule has 0 bridgehead atoms. The van der Waals surface area contributed by atoms with Gasteiger partial charge in [0.25, 0.3) is 5.91 Å². The van der Waals surface area contributed by atoms with Crippen molar-refractivity contribution in [1.29, 1.82) is 0 Å². The highest BCUT2D eigenvalue weighted by molar-refractivity contribution is 6.04. The number of aromatic nitrogens is 3. The van der Waals surface area contributed by atoms with E-state index in [1.54, 1.807) is 30.5 Å². The Hall–Kier alpha value is -3.68. The van der Waals surface area contributed by atoms with Crippen LogP contribution in [0.25, 0.3) is 11.2 Å². The van der Waals surface area contributed by atoms with Gasteiger partial charge in [-0.3, -0.25) is 9.59 Å². The van der Waals surface area contributed by atoms with Crippen LogP contribution >= 0.6 is 0 Å². The van der Waals surface area contributed by atoms with Gasteiger partial charge in [-0.25, -0.2) is 9.97 Å². The maximum atomic E-state index is 12.7. The molecule has 2 aromatic heterocycles. The minimum absolute atomic E-state index is 0.159. The van der Waals surface area contributed by atoms with Crippen molar-refractivity contribution in [2.45, 2.75) is 38.1 Å². The average molecular weight is 405 g/mol. The van der Waals surface area contributed by atoms with Crippen molar-refractivity contribution in [3.05, 3.63) is 54.9 Å². The number of hydrogen-bond acceptors (Lipinski definition) is 5. The van der Waals surface area contributed by atoms with E-state index < -0.39 is 0 Å².